The molecule has 1 aliphatic rings. The number of rotatable bonds is 5. The van der Waals surface area contributed by atoms with Crippen molar-refractivity contribution in [1.29, 1.82) is 0 Å². The van der Waals surface area contributed by atoms with Crippen molar-refractivity contribution in [2.75, 3.05) is 37.3 Å². The molecule has 1 fully saturated rings. The average molecular weight is 355 g/mol. The molecule has 1 atom stereocenters. The lowest BCUT2D eigenvalue weighted by molar-refractivity contribution is -0.132. The van der Waals surface area contributed by atoms with Gasteiger partial charge in [-0.25, -0.2) is 17.9 Å². The zero-order valence-electron chi connectivity index (χ0n) is 13.6. The molecule has 0 radical (unpaired) electrons. The van der Waals surface area contributed by atoms with Gasteiger partial charge in [0.25, 0.3) is 0 Å². The molecule has 8 nitrogen and oxygen atoms in total. The molecule has 1 aromatic carbocycles. The Morgan fingerprint density at radius 1 is 1.12 bits per heavy atom. The van der Waals surface area contributed by atoms with E-state index in [1.54, 1.807) is 29.2 Å². The molecule has 1 aromatic rings. The number of piperazine rings is 1. The minimum absolute atomic E-state index is 0.230. The lowest BCUT2D eigenvalue weighted by Gasteiger charge is -2.37. The van der Waals surface area contributed by atoms with Gasteiger partial charge in [-0.2, -0.15) is 0 Å². The Morgan fingerprint density at radius 3 is 2.12 bits per heavy atom. The molecule has 0 unspecified atom stereocenters. The van der Waals surface area contributed by atoms with Crippen molar-refractivity contribution in [2.45, 2.75) is 13.0 Å². The summed E-state index contributed by atoms with van der Waals surface area (Å²) in [5.74, 6) is -1.22. The van der Waals surface area contributed by atoms with Crippen molar-refractivity contribution < 1.29 is 23.1 Å². The molecular weight excluding hydrogens is 334 g/mol. The number of hydrogen-bond donors (Lipinski definition) is 2. The number of hydrogen-bond acceptors (Lipinski definition) is 5. The van der Waals surface area contributed by atoms with Crippen LogP contribution in [0.4, 0.5) is 5.69 Å². The van der Waals surface area contributed by atoms with E-state index in [2.05, 4.69) is 9.62 Å². The van der Waals surface area contributed by atoms with E-state index in [-0.39, 0.29) is 11.5 Å². The monoisotopic (exact) mass is 355 g/mol. The molecule has 2 N–H and O–H groups in total. The van der Waals surface area contributed by atoms with Crippen LogP contribution in [0.5, 0.6) is 0 Å². The van der Waals surface area contributed by atoms with E-state index in [1.165, 1.54) is 6.92 Å². The van der Waals surface area contributed by atoms with Crippen molar-refractivity contribution in [3.8, 4) is 0 Å². The summed E-state index contributed by atoms with van der Waals surface area (Å²) in [5.41, 5.74) is 1.13. The quantitative estimate of drug-likeness (QED) is 0.768. The van der Waals surface area contributed by atoms with Crippen molar-refractivity contribution in [2.24, 2.45) is 0 Å². The average Bonchev–Trinajstić information content (AvgIpc) is 2.53. The Morgan fingerprint density at radius 2 is 1.67 bits per heavy atom. The van der Waals surface area contributed by atoms with E-state index < -0.39 is 22.0 Å². The van der Waals surface area contributed by atoms with E-state index in [1.807, 2.05) is 0 Å². The van der Waals surface area contributed by atoms with Gasteiger partial charge in [0.05, 0.1) is 17.9 Å². The number of amides is 1. The van der Waals surface area contributed by atoms with Crippen LogP contribution in [-0.4, -0.2) is 68.8 Å². The van der Waals surface area contributed by atoms with Crippen molar-refractivity contribution >= 4 is 27.6 Å². The summed E-state index contributed by atoms with van der Waals surface area (Å²) in [5, 5.41) is 8.91. The summed E-state index contributed by atoms with van der Waals surface area (Å²) in [4.78, 5) is 26.8. The topological polar surface area (TPSA) is 107 Å². The SMILES string of the molecule is C[C@H](NS(C)(=O)=O)C(=O)N1CCN(c2ccc(C(=O)O)cc2)CC1. The first-order valence-corrected chi connectivity index (χ1v) is 9.41. The van der Waals surface area contributed by atoms with Crippen LogP contribution in [0, 0.1) is 0 Å². The molecule has 2 rings (SSSR count). The molecule has 0 bridgehead atoms. The van der Waals surface area contributed by atoms with Gasteiger partial charge in [0.15, 0.2) is 0 Å². The van der Waals surface area contributed by atoms with Crippen molar-refractivity contribution in [3.05, 3.63) is 29.8 Å². The van der Waals surface area contributed by atoms with Gasteiger partial charge in [0.1, 0.15) is 0 Å². The normalized spacial score (nSPS) is 16.8. The molecule has 9 heteroatoms. The van der Waals surface area contributed by atoms with Gasteiger partial charge in [-0.05, 0) is 31.2 Å². The van der Waals surface area contributed by atoms with Gasteiger partial charge in [-0.3, -0.25) is 4.79 Å². The third kappa shape index (κ3) is 4.68. The fourth-order valence-corrected chi connectivity index (χ4v) is 3.39. The molecule has 0 saturated carbocycles. The van der Waals surface area contributed by atoms with Gasteiger partial charge in [0, 0.05) is 31.9 Å². The molecule has 0 spiro atoms. The van der Waals surface area contributed by atoms with Gasteiger partial charge >= 0.3 is 5.97 Å². The maximum atomic E-state index is 12.3. The molecule has 0 aliphatic carbocycles. The molecular formula is C15H21N3O5S. The number of carboxylic acids is 1. The number of nitrogens with one attached hydrogen (secondary N) is 1. The van der Waals surface area contributed by atoms with Crippen LogP contribution in [0.15, 0.2) is 24.3 Å². The number of nitrogens with zero attached hydrogens (tertiary/aromatic N) is 2. The molecule has 1 aliphatic heterocycles. The highest BCUT2D eigenvalue weighted by atomic mass is 32.2. The Bertz CT molecular complexity index is 709. The van der Waals surface area contributed by atoms with E-state index in [4.69, 9.17) is 5.11 Å². The molecule has 1 heterocycles. The summed E-state index contributed by atoms with van der Waals surface area (Å²) in [6.07, 6.45) is 1.02. The van der Waals surface area contributed by atoms with Crippen LogP contribution in [0.25, 0.3) is 0 Å². The molecule has 132 valence electrons. The van der Waals surface area contributed by atoms with Crippen LogP contribution in [0.1, 0.15) is 17.3 Å². The summed E-state index contributed by atoms with van der Waals surface area (Å²) >= 11 is 0. The standard InChI is InChI=1S/C15H21N3O5S/c1-11(16-24(2,22)23)14(19)18-9-7-17(8-10-18)13-5-3-12(4-6-13)15(20)21/h3-6,11,16H,7-10H2,1-2H3,(H,20,21)/t11-/m0/s1. The second kappa shape index (κ2) is 7.18. The largest absolute Gasteiger partial charge is 0.478 e. The van der Waals surface area contributed by atoms with Crippen molar-refractivity contribution in [3.63, 3.8) is 0 Å². The maximum absolute atomic E-state index is 12.3. The van der Waals surface area contributed by atoms with Crippen LogP contribution in [-0.2, 0) is 14.8 Å². The first kappa shape index (κ1) is 18.2. The van der Waals surface area contributed by atoms with E-state index in [0.717, 1.165) is 11.9 Å². The fraction of sp³-hybridized carbons (Fsp3) is 0.467. The molecule has 1 saturated heterocycles. The summed E-state index contributed by atoms with van der Waals surface area (Å²) < 4.78 is 24.7. The van der Waals surface area contributed by atoms with Crippen LogP contribution in [0.2, 0.25) is 0 Å². The Hall–Kier alpha value is -2.13. The number of sulfonamides is 1. The van der Waals surface area contributed by atoms with Crippen LogP contribution in [0.3, 0.4) is 0 Å². The first-order chi connectivity index (χ1) is 11.2. The molecule has 0 aromatic heterocycles. The highest BCUT2D eigenvalue weighted by molar-refractivity contribution is 7.88. The Labute approximate surface area is 141 Å². The summed E-state index contributed by atoms with van der Waals surface area (Å²) in [6.45, 7) is 3.69. The zero-order chi connectivity index (χ0) is 17.9. The van der Waals surface area contributed by atoms with E-state index in [0.29, 0.717) is 26.2 Å². The Kier molecular flexibility index (Phi) is 5.45. The second-order valence-corrected chi connectivity index (χ2v) is 7.56. The highest BCUT2D eigenvalue weighted by Gasteiger charge is 2.26. The second-order valence-electron chi connectivity index (χ2n) is 5.78. The Balaban J connectivity index is 1.93. The number of anilines is 1. The number of aromatic carboxylic acids is 1. The molecule has 1 amide bonds. The third-order valence-electron chi connectivity index (χ3n) is 3.83. The summed E-state index contributed by atoms with van der Waals surface area (Å²) in [6, 6.07) is 5.80. The third-order valence-corrected chi connectivity index (χ3v) is 4.61. The van der Waals surface area contributed by atoms with Crippen molar-refractivity contribution in [1.82, 2.24) is 9.62 Å². The van der Waals surface area contributed by atoms with Crippen LogP contribution >= 0.6 is 0 Å². The van der Waals surface area contributed by atoms with Crippen LogP contribution < -0.4 is 9.62 Å². The number of benzene rings is 1. The van der Waals surface area contributed by atoms with Gasteiger partial charge in [0.2, 0.25) is 15.9 Å². The predicted molar refractivity (Wildman–Crippen MR) is 89.6 cm³/mol. The lowest BCUT2D eigenvalue weighted by atomic mass is 10.1. The number of carbonyl (C=O) groups is 2. The molecule has 24 heavy (non-hydrogen) atoms. The van der Waals surface area contributed by atoms with E-state index >= 15 is 0 Å². The number of carboxylic acid groups (broad SMARTS) is 1. The van der Waals surface area contributed by atoms with Gasteiger partial charge in [-0.1, -0.05) is 0 Å². The maximum Gasteiger partial charge on any atom is 0.335 e. The van der Waals surface area contributed by atoms with Gasteiger partial charge < -0.3 is 14.9 Å². The highest BCUT2D eigenvalue weighted by Crippen LogP contribution is 2.17. The smallest absolute Gasteiger partial charge is 0.335 e. The zero-order valence-corrected chi connectivity index (χ0v) is 14.4. The summed E-state index contributed by atoms with van der Waals surface area (Å²) in [7, 11) is -3.43. The van der Waals surface area contributed by atoms with E-state index in [9.17, 15) is 18.0 Å². The van der Waals surface area contributed by atoms with Gasteiger partial charge in [-0.15, -0.1) is 0 Å². The number of carbonyl (C=O) groups excluding carboxylic acids is 1. The minimum atomic E-state index is -3.43. The lowest BCUT2D eigenvalue weighted by Crippen LogP contribution is -2.54. The minimum Gasteiger partial charge on any atom is -0.478 e. The predicted octanol–water partition coefficient (Wildman–Crippen LogP) is -0.0289. The first-order valence-electron chi connectivity index (χ1n) is 7.52. The fourth-order valence-electron chi connectivity index (χ4n) is 2.65.